The third kappa shape index (κ3) is 36.8. The molecule has 792 valence electrons. The highest BCUT2D eigenvalue weighted by molar-refractivity contribution is 8.76. The molecule has 0 saturated heterocycles. The molecule has 0 unspecified atom stereocenters. The number of alkyl halides is 1. The van der Waals surface area contributed by atoms with E-state index < -0.39 is 297 Å². The van der Waals surface area contributed by atoms with Gasteiger partial charge in [0.25, 0.3) is 11.5 Å². The number of nitrogen functional groups attached to an aromatic ring is 1. The quantitative estimate of drug-likeness (QED) is 0.00566. The van der Waals surface area contributed by atoms with E-state index in [1.807, 2.05) is 10.6 Å². The van der Waals surface area contributed by atoms with Gasteiger partial charge in [-0.2, -0.15) is 4.98 Å². The molecule has 9 amide bonds. The summed E-state index contributed by atoms with van der Waals surface area (Å²) in [5.41, 5.74) is 4.63. The van der Waals surface area contributed by atoms with E-state index in [9.17, 15) is 163 Å². The van der Waals surface area contributed by atoms with Crippen molar-refractivity contribution in [1.82, 2.24) is 67.8 Å². The number of H-pyrrole nitrogens is 1. The van der Waals surface area contributed by atoms with Gasteiger partial charge in [0.15, 0.2) is 17.3 Å². The molecule has 3 heterocycles. The molecule has 53 nitrogen and oxygen atoms in total. The Balaban J connectivity index is 1.17. The van der Waals surface area contributed by atoms with E-state index in [2.05, 4.69) is 41.2 Å². The average Bonchev–Trinajstić information content (AvgIpc) is 0.794. The summed E-state index contributed by atoms with van der Waals surface area (Å²) >= 11 is 13.5. The Bertz CT molecular complexity index is 5370. The van der Waals surface area contributed by atoms with Crippen molar-refractivity contribution in [2.75, 3.05) is 62.6 Å². The molecule has 5 aromatic rings. The number of ether oxygens (including phenoxy) is 5. The molecule has 3 aromatic carbocycles. The molecule has 0 radical (unpaired) electrons. The van der Waals surface area contributed by atoms with Crippen molar-refractivity contribution in [3.63, 3.8) is 0 Å². The number of nitrogens with one attached hydrogen (secondary N) is 11. The summed E-state index contributed by atoms with van der Waals surface area (Å²) in [4.78, 5) is 246. The van der Waals surface area contributed by atoms with Crippen LogP contribution in [0.4, 0.5) is 16.4 Å². The Labute approximate surface area is 836 Å². The number of carboxylic acid groups (broad SMARTS) is 4. The van der Waals surface area contributed by atoms with E-state index in [0.29, 0.717) is 33.4 Å². The van der Waals surface area contributed by atoms with Crippen molar-refractivity contribution in [2.45, 2.75) is 213 Å². The maximum atomic E-state index is 14.5. The highest BCUT2D eigenvalue weighted by atomic mass is 35.5. The van der Waals surface area contributed by atoms with E-state index in [1.165, 1.54) is 70.5 Å². The summed E-state index contributed by atoms with van der Waals surface area (Å²) in [6, 6.07) is -1.29. The number of benzene rings is 3. The van der Waals surface area contributed by atoms with Crippen LogP contribution in [-0.4, -0.2) is 370 Å². The second kappa shape index (κ2) is 57.6. The van der Waals surface area contributed by atoms with E-state index in [-0.39, 0.29) is 77.4 Å². The largest absolute Gasteiger partial charge is 0.508 e. The fraction of sp³-hybridized carbons (Fsp3) is 0.517. The Kier molecular flexibility index (Phi) is 47.9. The van der Waals surface area contributed by atoms with Crippen molar-refractivity contribution in [2.24, 2.45) is 17.3 Å². The highest BCUT2D eigenvalue weighted by Crippen LogP contribution is 2.36. The Morgan fingerprint density at radius 2 is 1.19 bits per heavy atom. The molecular formula is C87H115Cl2N15O38S2. The molecule has 6 rings (SSSR count). The van der Waals surface area contributed by atoms with Gasteiger partial charge in [-0.05, 0) is 86.2 Å². The number of nitrogens with two attached hydrogens (primary N) is 1. The number of aromatic nitrogens is 4. The number of halogens is 2. The minimum absolute atomic E-state index is 0.0132. The predicted octanol–water partition coefficient (Wildman–Crippen LogP) is -6.08. The first-order valence-electron chi connectivity index (χ1n) is 43.9. The molecule has 0 bridgehead atoms. The summed E-state index contributed by atoms with van der Waals surface area (Å²) in [6.45, 7) is 2.71. The standard InChI is InChI=1S/C87H115Cl2N15O38S2/c1-37(2)25-55-83(135)140-53(13-10-14-56(111)95-46(27-39-15-21-54(138-6)44(88)26-39)74(124)93-36-87(4,5)84(136)141-55)38(3)71(60(89)40-11-8-7-9-12-40)142-86(137)139-23-24-143-144-35-49(82(133)134)99-79(129)63(70(122)67(119)52(110)34-107)102-76(126)48(29-59(115)116)98-78(128)62(69(121)66(118)51(109)33-106)101-75(125)47(28-58(113)114)97-77(127)61(68(120)65(117)50(108)32-105)100-57(112)22-20-45(81(131)132)96-73(123)41-16-18-42(19-17-41)91-30-43-31-92-72-64(94-43)80(130)104-85(90)103-72/h7-12,14-19,21,26,31,37-38,45-53,55,60-63,65-71,91,105-110,117-122H,13,20,22-25,27-30,32-36H2,1-6H3,(H,93,124)(H,95,111)(H,96,123)(H,97,127)(H,98,128)(H,99,129)(H,100,112)(H,101,125)(H,102,126)(H,113,114)(H,115,116)(H,131,132)(H,133,134)(H3,90,92,103,104,130)/b14-10+/t38-,45-,46+,47-,48-,49+,50+,51+,52+,53-,55-,60-,61-,62-,63-,65+,66+,67+,68+,69+,70+,71+/m0/s1. The molecule has 22 atom stereocenters. The fourth-order valence-electron chi connectivity index (χ4n) is 13.5. The van der Waals surface area contributed by atoms with Gasteiger partial charge in [0.1, 0.15) is 128 Å². The number of aromatic amines is 1. The number of anilines is 2. The van der Waals surface area contributed by atoms with Gasteiger partial charge in [0.2, 0.25) is 53.2 Å². The number of aliphatic carboxylic acids is 4. The second-order valence-electron chi connectivity index (χ2n) is 33.7. The zero-order valence-corrected chi connectivity index (χ0v) is 80.8. The smallest absolute Gasteiger partial charge is 0.495 e. The molecule has 1 aliphatic rings. The topological polar surface area (TPSA) is 861 Å². The second-order valence-corrected chi connectivity index (χ2v) is 37.2. The fourth-order valence-corrected chi connectivity index (χ4v) is 16.2. The van der Waals surface area contributed by atoms with Crippen molar-refractivity contribution < 1.29 is 182 Å². The summed E-state index contributed by atoms with van der Waals surface area (Å²) in [6.07, 6.45) is -32.0. The van der Waals surface area contributed by atoms with Crippen LogP contribution in [0.25, 0.3) is 11.2 Å². The zero-order valence-electron chi connectivity index (χ0n) is 77.7. The zero-order chi connectivity index (χ0) is 107. The monoisotopic (exact) mass is 2110 g/mol. The lowest BCUT2D eigenvalue weighted by Gasteiger charge is -2.34. The van der Waals surface area contributed by atoms with Crippen LogP contribution in [0.3, 0.4) is 0 Å². The van der Waals surface area contributed by atoms with Gasteiger partial charge in [0, 0.05) is 54.5 Å². The molecule has 0 spiro atoms. The number of carbonyl (C=O) groups excluding carboxylic acids is 12. The normalized spacial score (nSPS) is 18.9. The number of nitrogens with zero attached hydrogens (tertiary/aromatic N) is 3. The van der Waals surface area contributed by atoms with Crippen LogP contribution in [0.15, 0.2) is 95.9 Å². The number of aliphatic hydroxyl groups is 12. The number of esters is 2. The average molecular weight is 2110 g/mol. The van der Waals surface area contributed by atoms with Crippen LogP contribution in [-0.2, 0) is 99.0 Å². The maximum Gasteiger partial charge on any atom is 0.508 e. The molecule has 57 heteroatoms. The Morgan fingerprint density at radius 1 is 0.646 bits per heavy atom. The number of amides is 9. The highest BCUT2D eigenvalue weighted by Gasteiger charge is 2.47. The number of methoxy groups -OCH3 is 1. The lowest BCUT2D eigenvalue weighted by molar-refractivity contribution is -0.180. The number of rotatable bonds is 53. The van der Waals surface area contributed by atoms with E-state index in [1.54, 1.807) is 77.6 Å². The van der Waals surface area contributed by atoms with Crippen LogP contribution < -0.4 is 69.2 Å². The van der Waals surface area contributed by atoms with Gasteiger partial charge in [-0.15, -0.1) is 11.6 Å². The van der Waals surface area contributed by atoms with Crippen LogP contribution in [0, 0.1) is 17.3 Å². The first-order valence-corrected chi connectivity index (χ1v) is 47.2. The maximum absolute atomic E-state index is 14.5. The minimum atomic E-state index is -3.03. The van der Waals surface area contributed by atoms with E-state index in [4.69, 9.17) is 52.6 Å². The van der Waals surface area contributed by atoms with Crippen molar-refractivity contribution >= 4 is 163 Å². The van der Waals surface area contributed by atoms with Gasteiger partial charge in [-0.3, -0.25) is 67.3 Å². The Morgan fingerprint density at radius 3 is 1.70 bits per heavy atom. The third-order valence-corrected chi connectivity index (χ3v) is 24.9. The summed E-state index contributed by atoms with van der Waals surface area (Å²) in [5, 5.41) is 187. The number of carboxylic acids is 4. The van der Waals surface area contributed by atoms with Crippen LogP contribution >= 0.6 is 44.8 Å². The van der Waals surface area contributed by atoms with Gasteiger partial charge in [0.05, 0.1) is 74.0 Å². The number of cyclic esters (lactones) is 2. The van der Waals surface area contributed by atoms with Crippen LogP contribution in [0.1, 0.15) is 106 Å². The van der Waals surface area contributed by atoms with Gasteiger partial charge < -0.3 is 164 Å². The first-order chi connectivity index (χ1) is 67.8. The van der Waals surface area contributed by atoms with Gasteiger partial charge in [-0.1, -0.05) is 96.4 Å². The first kappa shape index (κ1) is 120. The molecule has 0 fully saturated rings. The van der Waals surface area contributed by atoms with Crippen LogP contribution in [0.5, 0.6) is 5.75 Å². The molecule has 0 aliphatic carbocycles. The Hall–Kier alpha value is -12.9. The number of carbonyl (C=O) groups is 16. The van der Waals surface area contributed by atoms with Crippen LogP contribution in [0.2, 0.25) is 5.02 Å². The summed E-state index contributed by atoms with van der Waals surface area (Å²) < 4.78 is 28.5. The summed E-state index contributed by atoms with van der Waals surface area (Å²) in [5.74, 6) is -25.7. The molecule has 1 aliphatic heterocycles. The van der Waals surface area contributed by atoms with E-state index in [0.717, 1.165) is 16.9 Å². The molecule has 2 aromatic heterocycles. The number of aliphatic hydroxyl groups excluding tert-OH is 12. The number of hydrogen-bond acceptors (Lipinski definition) is 41. The minimum Gasteiger partial charge on any atom is -0.495 e. The van der Waals surface area contributed by atoms with Crippen molar-refractivity contribution in [1.29, 1.82) is 0 Å². The predicted molar refractivity (Wildman–Crippen MR) is 502 cm³/mol. The number of hydrogen-bond donors (Lipinski definition) is 28. The van der Waals surface area contributed by atoms with Gasteiger partial charge >= 0.3 is 42.0 Å². The van der Waals surface area contributed by atoms with Crippen molar-refractivity contribution in [3.8, 4) is 5.75 Å². The molecule has 29 N–H and O–H groups in total. The SMILES string of the molecule is COc1ccc(C[C@H]2NC(=O)/C=C/C[C@@H]([C@H](C)[C@@H](OC(=O)OCCSSC[C@@H](NC(=O)[C@@H](NC(=O)[C@H](CC(=O)O)NC(=O)[C@@H](NC(=O)[C@H](CC(=O)O)NC(=O)[C@@H](NC(=O)CC[C@H](NC(=O)c3ccc(NCc4cnc5nc(N)[nH]c(=O)c5n4)cc3)C(=O)O)[C@@H](O)[C@H](O)[C@H](O)CO)[C@@H](O)[C@H](O)[C@H](O)CO)[C@@H](O)[C@H](O)[C@H](O)CO)C(=O)O)[C@@H](Cl)c3ccccc3)OC(=O)[C@H](CC(C)C)OC(=O)C(C)(C)CNC2=O)cc1Cl. The molecule has 144 heavy (non-hydrogen) atoms. The summed E-state index contributed by atoms with van der Waals surface area (Å²) in [7, 11) is 2.83. The third-order valence-electron chi connectivity index (χ3n) is 21.7. The molecule has 0 saturated carbocycles. The molecular weight excluding hydrogens is 2000 g/mol. The van der Waals surface area contributed by atoms with Crippen molar-refractivity contribution in [3.05, 3.63) is 129 Å². The lowest BCUT2D eigenvalue weighted by atomic mass is 9.90. The lowest BCUT2D eigenvalue weighted by Crippen LogP contribution is -2.66. The van der Waals surface area contributed by atoms with Gasteiger partial charge in [-0.25, -0.2) is 29.1 Å². The number of fused-ring (bicyclic) bond motifs is 1. The van der Waals surface area contributed by atoms with E-state index >= 15 is 0 Å².